The van der Waals surface area contributed by atoms with Gasteiger partial charge in [-0.15, -0.1) is 0 Å². The normalized spacial score (nSPS) is 27.9. The number of rotatable bonds is 2. The maximum Gasteiger partial charge on any atom is 0.139 e. The standard InChI is InChI=1S/C10H16N2O2/c1-8-5-9(14-12-8)6-10(13)3-2-4-11-7-10/h5,11,13H,2-4,6-7H2,1H3. The predicted octanol–water partition coefficient (Wildman–Crippen LogP) is 0.640. The van der Waals surface area contributed by atoms with Crippen LogP contribution in [0.5, 0.6) is 0 Å². The van der Waals surface area contributed by atoms with Crippen molar-refractivity contribution < 1.29 is 9.63 Å². The summed E-state index contributed by atoms with van der Waals surface area (Å²) in [7, 11) is 0. The van der Waals surface area contributed by atoms with Gasteiger partial charge in [-0.25, -0.2) is 0 Å². The smallest absolute Gasteiger partial charge is 0.139 e. The minimum absolute atomic E-state index is 0.556. The third-order valence-corrected chi connectivity index (χ3v) is 2.63. The molecule has 1 saturated heterocycles. The van der Waals surface area contributed by atoms with Crippen molar-refractivity contribution in [3.8, 4) is 0 Å². The van der Waals surface area contributed by atoms with E-state index in [1.165, 1.54) is 0 Å². The van der Waals surface area contributed by atoms with Crippen molar-refractivity contribution in [1.82, 2.24) is 10.5 Å². The molecule has 1 aliphatic rings. The van der Waals surface area contributed by atoms with Gasteiger partial charge in [-0.05, 0) is 26.3 Å². The third-order valence-electron chi connectivity index (χ3n) is 2.63. The molecular formula is C10H16N2O2. The van der Waals surface area contributed by atoms with Gasteiger partial charge in [0.25, 0.3) is 0 Å². The van der Waals surface area contributed by atoms with Gasteiger partial charge in [0, 0.05) is 19.0 Å². The lowest BCUT2D eigenvalue weighted by Crippen LogP contribution is -2.47. The Balaban J connectivity index is 2.01. The summed E-state index contributed by atoms with van der Waals surface area (Å²) in [6.07, 6.45) is 2.41. The summed E-state index contributed by atoms with van der Waals surface area (Å²) in [5.74, 6) is 0.772. The van der Waals surface area contributed by atoms with Gasteiger partial charge in [-0.3, -0.25) is 0 Å². The van der Waals surface area contributed by atoms with Crippen molar-refractivity contribution in [2.75, 3.05) is 13.1 Å². The minimum Gasteiger partial charge on any atom is -0.388 e. The van der Waals surface area contributed by atoms with Crippen LogP contribution in [0.25, 0.3) is 0 Å². The van der Waals surface area contributed by atoms with Gasteiger partial charge in [0.2, 0.25) is 0 Å². The van der Waals surface area contributed by atoms with Gasteiger partial charge in [0.05, 0.1) is 11.3 Å². The van der Waals surface area contributed by atoms with Gasteiger partial charge in [-0.2, -0.15) is 0 Å². The van der Waals surface area contributed by atoms with Crippen LogP contribution < -0.4 is 5.32 Å². The van der Waals surface area contributed by atoms with Crippen LogP contribution in [0.2, 0.25) is 0 Å². The molecule has 0 aliphatic carbocycles. The summed E-state index contributed by atoms with van der Waals surface area (Å²) < 4.78 is 5.09. The number of nitrogens with one attached hydrogen (secondary N) is 1. The Morgan fingerprint density at radius 2 is 2.57 bits per heavy atom. The Hall–Kier alpha value is -0.870. The fraction of sp³-hybridized carbons (Fsp3) is 0.700. The predicted molar refractivity (Wildman–Crippen MR) is 52.0 cm³/mol. The topological polar surface area (TPSA) is 58.3 Å². The average Bonchev–Trinajstić information content (AvgIpc) is 2.51. The van der Waals surface area contributed by atoms with Crippen molar-refractivity contribution in [1.29, 1.82) is 0 Å². The van der Waals surface area contributed by atoms with E-state index in [4.69, 9.17) is 4.52 Å². The molecule has 0 radical (unpaired) electrons. The van der Waals surface area contributed by atoms with Crippen LogP contribution in [0.1, 0.15) is 24.3 Å². The fourth-order valence-electron chi connectivity index (χ4n) is 1.93. The molecule has 0 bridgehead atoms. The van der Waals surface area contributed by atoms with Gasteiger partial charge >= 0.3 is 0 Å². The van der Waals surface area contributed by atoms with E-state index in [0.29, 0.717) is 13.0 Å². The molecule has 0 amide bonds. The van der Waals surface area contributed by atoms with Crippen LogP contribution in [0.4, 0.5) is 0 Å². The summed E-state index contributed by atoms with van der Waals surface area (Å²) in [6.45, 7) is 3.53. The number of aliphatic hydroxyl groups is 1. The van der Waals surface area contributed by atoms with E-state index in [-0.39, 0.29) is 0 Å². The zero-order valence-electron chi connectivity index (χ0n) is 8.42. The van der Waals surface area contributed by atoms with Crippen molar-refractivity contribution in [2.24, 2.45) is 0 Å². The summed E-state index contributed by atoms with van der Waals surface area (Å²) >= 11 is 0. The first-order valence-corrected chi connectivity index (χ1v) is 5.03. The fourth-order valence-corrected chi connectivity index (χ4v) is 1.93. The summed E-state index contributed by atoms with van der Waals surface area (Å²) in [6, 6.07) is 1.88. The van der Waals surface area contributed by atoms with Crippen molar-refractivity contribution in [3.05, 3.63) is 17.5 Å². The van der Waals surface area contributed by atoms with Crippen molar-refractivity contribution >= 4 is 0 Å². The van der Waals surface area contributed by atoms with Crippen LogP contribution >= 0.6 is 0 Å². The van der Waals surface area contributed by atoms with Gasteiger partial charge in [-0.1, -0.05) is 5.16 Å². The summed E-state index contributed by atoms with van der Waals surface area (Å²) in [5, 5.41) is 17.2. The first-order chi connectivity index (χ1) is 6.68. The van der Waals surface area contributed by atoms with E-state index in [1.807, 2.05) is 13.0 Å². The lowest BCUT2D eigenvalue weighted by Gasteiger charge is -2.31. The molecule has 0 aromatic carbocycles. The van der Waals surface area contributed by atoms with E-state index in [9.17, 15) is 5.11 Å². The lowest BCUT2D eigenvalue weighted by molar-refractivity contribution is 0.0115. The zero-order chi connectivity index (χ0) is 10.0. The second-order valence-corrected chi connectivity index (χ2v) is 4.12. The third kappa shape index (κ3) is 2.13. The van der Waals surface area contributed by atoms with Crippen molar-refractivity contribution in [2.45, 2.75) is 31.8 Å². The molecule has 14 heavy (non-hydrogen) atoms. The molecule has 78 valence electrons. The number of piperidine rings is 1. The maximum absolute atomic E-state index is 10.2. The molecule has 4 nitrogen and oxygen atoms in total. The van der Waals surface area contributed by atoms with E-state index in [0.717, 1.165) is 30.8 Å². The molecule has 2 rings (SSSR count). The highest BCUT2D eigenvalue weighted by molar-refractivity contribution is 5.07. The number of β-amino-alcohol motifs (C(OH)–C–C–N with tert-alkyl or cyclic N) is 1. The second kappa shape index (κ2) is 3.71. The molecule has 1 aromatic rings. The van der Waals surface area contributed by atoms with Gasteiger partial charge in [0.1, 0.15) is 5.76 Å². The van der Waals surface area contributed by atoms with Crippen LogP contribution in [0, 0.1) is 6.92 Å². The molecule has 1 aliphatic heterocycles. The monoisotopic (exact) mass is 196 g/mol. The van der Waals surface area contributed by atoms with E-state index in [2.05, 4.69) is 10.5 Å². The van der Waals surface area contributed by atoms with Crippen molar-refractivity contribution in [3.63, 3.8) is 0 Å². The van der Waals surface area contributed by atoms with E-state index < -0.39 is 5.60 Å². The molecule has 1 unspecified atom stereocenters. The molecule has 2 heterocycles. The number of nitrogens with zero attached hydrogens (tertiary/aromatic N) is 1. The largest absolute Gasteiger partial charge is 0.388 e. The summed E-state index contributed by atoms with van der Waals surface area (Å²) in [4.78, 5) is 0. The Kier molecular flexibility index (Phi) is 2.56. The van der Waals surface area contributed by atoms with Gasteiger partial charge in [0.15, 0.2) is 0 Å². The first kappa shape index (κ1) is 9.68. The first-order valence-electron chi connectivity index (χ1n) is 5.03. The van der Waals surface area contributed by atoms with Crippen LogP contribution in [0.3, 0.4) is 0 Å². The molecule has 0 spiro atoms. The Morgan fingerprint density at radius 3 is 3.14 bits per heavy atom. The Bertz CT molecular complexity index is 303. The molecule has 1 fully saturated rings. The highest BCUT2D eigenvalue weighted by Crippen LogP contribution is 2.21. The van der Waals surface area contributed by atoms with Gasteiger partial charge < -0.3 is 14.9 Å². The SMILES string of the molecule is Cc1cc(CC2(O)CCCNC2)on1. The number of hydrogen-bond donors (Lipinski definition) is 2. The maximum atomic E-state index is 10.2. The van der Waals surface area contributed by atoms with Crippen LogP contribution in [-0.2, 0) is 6.42 Å². The molecule has 2 N–H and O–H groups in total. The quantitative estimate of drug-likeness (QED) is 0.728. The highest BCUT2D eigenvalue weighted by atomic mass is 16.5. The highest BCUT2D eigenvalue weighted by Gasteiger charge is 2.30. The average molecular weight is 196 g/mol. The van der Waals surface area contributed by atoms with Crippen LogP contribution in [-0.4, -0.2) is 29.0 Å². The number of aryl methyl sites for hydroxylation is 1. The molecule has 1 atom stereocenters. The number of hydrogen-bond acceptors (Lipinski definition) is 4. The second-order valence-electron chi connectivity index (χ2n) is 4.12. The summed E-state index contributed by atoms with van der Waals surface area (Å²) in [5.41, 5.74) is 0.219. The molecule has 0 saturated carbocycles. The van der Waals surface area contributed by atoms with E-state index >= 15 is 0 Å². The lowest BCUT2D eigenvalue weighted by atomic mass is 9.90. The Morgan fingerprint density at radius 1 is 1.71 bits per heavy atom. The van der Waals surface area contributed by atoms with Crippen LogP contribution in [0.15, 0.2) is 10.6 Å². The molecule has 1 aromatic heterocycles. The minimum atomic E-state index is -0.649. The van der Waals surface area contributed by atoms with E-state index in [1.54, 1.807) is 0 Å². The zero-order valence-corrected chi connectivity index (χ0v) is 8.42. The molecular weight excluding hydrogens is 180 g/mol. The molecule has 4 heteroatoms. The number of aromatic nitrogens is 1. The Labute approximate surface area is 83.3 Å².